The lowest BCUT2D eigenvalue weighted by molar-refractivity contribution is 0.305. The van der Waals surface area contributed by atoms with E-state index in [0.29, 0.717) is 0 Å². The molecule has 3 heteroatoms. The van der Waals surface area contributed by atoms with Gasteiger partial charge in [-0.1, -0.05) is 18.2 Å². The Morgan fingerprint density at radius 1 is 1.06 bits per heavy atom. The van der Waals surface area contributed by atoms with Crippen LogP contribution in [-0.4, -0.2) is 44.2 Å². The first-order valence-electron chi connectivity index (χ1n) is 7.06. The largest absolute Gasteiger partial charge is 0.492 e. The topological polar surface area (TPSA) is 24.5 Å². The molecule has 1 saturated heterocycles. The lowest BCUT2D eigenvalue weighted by atomic mass is 10.3. The number of ether oxygens (including phenoxy) is 1. The van der Waals surface area contributed by atoms with Crippen LogP contribution < -0.4 is 10.1 Å². The maximum absolute atomic E-state index is 5.61. The van der Waals surface area contributed by atoms with Crippen molar-refractivity contribution in [1.29, 1.82) is 0 Å². The molecule has 1 aliphatic heterocycles. The molecule has 3 nitrogen and oxygen atoms in total. The fraction of sp³-hybridized carbons (Fsp3) is 0.600. The van der Waals surface area contributed by atoms with Gasteiger partial charge in [0.15, 0.2) is 0 Å². The van der Waals surface area contributed by atoms with Gasteiger partial charge >= 0.3 is 0 Å². The van der Waals surface area contributed by atoms with Gasteiger partial charge in [-0.3, -0.25) is 0 Å². The quantitative estimate of drug-likeness (QED) is 0.713. The number of hydrogen-bond acceptors (Lipinski definition) is 3. The highest BCUT2D eigenvalue weighted by atomic mass is 16.5. The Bertz CT molecular complexity index is 310. The summed E-state index contributed by atoms with van der Waals surface area (Å²) < 4.78 is 5.61. The molecule has 1 fully saturated rings. The van der Waals surface area contributed by atoms with Crippen molar-refractivity contribution < 1.29 is 4.74 Å². The second-order valence-corrected chi connectivity index (χ2v) is 4.81. The maximum atomic E-state index is 5.61. The molecule has 18 heavy (non-hydrogen) atoms. The molecular weight excluding hydrogens is 224 g/mol. The average molecular weight is 248 g/mol. The first-order chi connectivity index (χ1) is 8.95. The highest BCUT2D eigenvalue weighted by Crippen LogP contribution is 2.08. The van der Waals surface area contributed by atoms with Gasteiger partial charge in [0.2, 0.25) is 0 Å². The Labute approximate surface area is 110 Å². The molecule has 1 aromatic carbocycles. The van der Waals surface area contributed by atoms with Gasteiger partial charge in [0.05, 0.1) is 0 Å². The number of rotatable bonds is 8. The zero-order valence-corrected chi connectivity index (χ0v) is 11.1. The van der Waals surface area contributed by atoms with Crippen molar-refractivity contribution in [3.05, 3.63) is 30.3 Å². The van der Waals surface area contributed by atoms with Crippen LogP contribution in [0.15, 0.2) is 30.3 Å². The number of nitrogens with one attached hydrogen (secondary N) is 1. The number of likely N-dealkylation sites (tertiary alicyclic amines) is 1. The van der Waals surface area contributed by atoms with Gasteiger partial charge in [0, 0.05) is 6.54 Å². The van der Waals surface area contributed by atoms with Crippen LogP contribution in [0.1, 0.15) is 19.3 Å². The normalized spacial score (nSPS) is 16.0. The lowest BCUT2D eigenvalue weighted by Crippen LogP contribution is -2.27. The predicted octanol–water partition coefficient (Wildman–Crippen LogP) is 2.14. The van der Waals surface area contributed by atoms with Crippen LogP contribution in [-0.2, 0) is 0 Å². The van der Waals surface area contributed by atoms with Crippen LogP contribution in [0.3, 0.4) is 0 Å². The molecule has 1 N–H and O–H groups in total. The number of hydrogen-bond donors (Lipinski definition) is 1. The van der Waals surface area contributed by atoms with Gasteiger partial charge in [-0.25, -0.2) is 0 Å². The molecule has 1 aromatic rings. The summed E-state index contributed by atoms with van der Waals surface area (Å²) in [7, 11) is 0. The summed E-state index contributed by atoms with van der Waals surface area (Å²) in [6.45, 7) is 6.61. The average Bonchev–Trinajstić information content (AvgIpc) is 2.92. The molecule has 0 bridgehead atoms. The van der Waals surface area contributed by atoms with Crippen molar-refractivity contribution in [2.45, 2.75) is 19.3 Å². The minimum Gasteiger partial charge on any atom is -0.492 e. The first-order valence-corrected chi connectivity index (χ1v) is 7.06. The number of benzene rings is 1. The molecule has 100 valence electrons. The summed E-state index contributed by atoms with van der Waals surface area (Å²) >= 11 is 0. The Hall–Kier alpha value is -1.06. The van der Waals surface area contributed by atoms with Crippen molar-refractivity contribution in [3.8, 4) is 5.75 Å². The van der Waals surface area contributed by atoms with Gasteiger partial charge < -0.3 is 15.0 Å². The van der Waals surface area contributed by atoms with Crippen LogP contribution in [0, 0.1) is 0 Å². The Kier molecular flexibility index (Phi) is 6.03. The molecule has 0 unspecified atom stereocenters. The van der Waals surface area contributed by atoms with Crippen molar-refractivity contribution in [2.75, 3.05) is 39.3 Å². The van der Waals surface area contributed by atoms with E-state index in [9.17, 15) is 0 Å². The van der Waals surface area contributed by atoms with Crippen molar-refractivity contribution in [2.24, 2.45) is 0 Å². The molecule has 2 rings (SSSR count). The fourth-order valence-corrected chi connectivity index (χ4v) is 2.32. The monoisotopic (exact) mass is 248 g/mol. The summed E-state index contributed by atoms with van der Waals surface area (Å²) in [5.74, 6) is 0.955. The van der Waals surface area contributed by atoms with E-state index in [2.05, 4.69) is 10.2 Å². The predicted molar refractivity (Wildman–Crippen MR) is 75.1 cm³/mol. The molecule has 0 aromatic heterocycles. The first kappa shape index (κ1) is 13.4. The second kappa shape index (κ2) is 8.11. The van der Waals surface area contributed by atoms with Crippen molar-refractivity contribution >= 4 is 0 Å². The third-order valence-electron chi connectivity index (χ3n) is 3.32. The molecule has 0 spiro atoms. The Balaban J connectivity index is 1.42. The van der Waals surface area contributed by atoms with Crippen LogP contribution >= 0.6 is 0 Å². The second-order valence-electron chi connectivity index (χ2n) is 4.81. The van der Waals surface area contributed by atoms with Crippen LogP contribution in [0.2, 0.25) is 0 Å². The van der Waals surface area contributed by atoms with E-state index in [0.717, 1.165) is 25.4 Å². The Morgan fingerprint density at radius 3 is 2.61 bits per heavy atom. The molecule has 0 radical (unpaired) electrons. The number of nitrogens with zero attached hydrogens (tertiary/aromatic N) is 1. The van der Waals surface area contributed by atoms with Crippen LogP contribution in [0.25, 0.3) is 0 Å². The minimum atomic E-state index is 0.744. The summed E-state index contributed by atoms with van der Waals surface area (Å²) in [5.41, 5.74) is 0. The van der Waals surface area contributed by atoms with Crippen LogP contribution in [0.4, 0.5) is 0 Å². The SMILES string of the molecule is c1ccc(OCCNCCCN2CCCC2)cc1. The molecular formula is C15H24N2O. The summed E-state index contributed by atoms with van der Waals surface area (Å²) in [6.07, 6.45) is 4.02. The molecule has 0 aliphatic carbocycles. The lowest BCUT2D eigenvalue weighted by Gasteiger charge is -2.14. The third-order valence-corrected chi connectivity index (χ3v) is 3.32. The molecule has 1 heterocycles. The highest BCUT2D eigenvalue weighted by Gasteiger charge is 2.09. The zero-order valence-electron chi connectivity index (χ0n) is 11.1. The highest BCUT2D eigenvalue weighted by molar-refractivity contribution is 5.20. The molecule has 0 saturated carbocycles. The van der Waals surface area contributed by atoms with E-state index in [-0.39, 0.29) is 0 Å². The van der Waals surface area contributed by atoms with Gasteiger partial charge in [-0.05, 0) is 57.6 Å². The summed E-state index contributed by atoms with van der Waals surface area (Å²) in [4.78, 5) is 2.56. The van der Waals surface area contributed by atoms with Gasteiger partial charge in [-0.2, -0.15) is 0 Å². The van der Waals surface area contributed by atoms with E-state index in [1.54, 1.807) is 0 Å². The van der Waals surface area contributed by atoms with E-state index >= 15 is 0 Å². The van der Waals surface area contributed by atoms with Crippen molar-refractivity contribution in [3.63, 3.8) is 0 Å². The molecule has 0 amide bonds. The fourth-order valence-electron chi connectivity index (χ4n) is 2.32. The van der Waals surface area contributed by atoms with Crippen LogP contribution in [0.5, 0.6) is 5.75 Å². The Morgan fingerprint density at radius 2 is 1.83 bits per heavy atom. The van der Waals surface area contributed by atoms with E-state index in [1.807, 2.05) is 30.3 Å². The van der Waals surface area contributed by atoms with E-state index in [1.165, 1.54) is 38.9 Å². The zero-order chi connectivity index (χ0) is 12.5. The molecule has 0 atom stereocenters. The van der Waals surface area contributed by atoms with E-state index < -0.39 is 0 Å². The number of para-hydroxylation sites is 1. The molecule has 1 aliphatic rings. The minimum absolute atomic E-state index is 0.744. The van der Waals surface area contributed by atoms with Gasteiger partial charge in [0.25, 0.3) is 0 Å². The third kappa shape index (κ3) is 5.07. The van der Waals surface area contributed by atoms with Crippen molar-refractivity contribution in [1.82, 2.24) is 10.2 Å². The van der Waals surface area contributed by atoms with E-state index in [4.69, 9.17) is 4.74 Å². The summed E-state index contributed by atoms with van der Waals surface area (Å²) in [6, 6.07) is 9.99. The summed E-state index contributed by atoms with van der Waals surface area (Å²) in [5, 5.41) is 3.43. The van der Waals surface area contributed by atoms with Gasteiger partial charge in [-0.15, -0.1) is 0 Å². The van der Waals surface area contributed by atoms with Gasteiger partial charge in [0.1, 0.15) is 12.4 Å². The standard InChI is InChI=1S/C15H24N2O/c1-2-7-15(8-3-1)18-14-10-16-9-6-13-17-11-4-5-12-17/h1-3,7-8,16H,4-6,9-14H2. The smallest absolute Gasteiger partial charge is 0.119 e. The maximum Gasteiger partial charge on any atom is 0.119 e.